The van der Waals surface area contributed by atoms with Crippen LogP contribution in [-0.2, 0) is 11.3 Å². The minimum Gasteiger partial charge on any atom is -0.359 e. The van der Waals surface area contributed by atoms with Gasteiger partial charge in [-0.2, -0.15) is 5.10 Å². The van der Waals surface area contributed by atoms with Gasteiger partial charge in [0, 0.05) is 26.3 Å². The van der Waals surface area contributed by atoms with Gasteiger partial charge in [-0.15, -0.1) is 0 Å². The summed E-state index contributed by atoms with van der Waals surface area (Å²) in [6, 6.07) is 1.40. The largest absolute Gasteiger partial charge is 0.359 e. The second kappa shape index (κ2) is 5.33. The van der Waals surface area contributed by atoms with Crippen molar-refractivity contribution in [2.24, 2.45) is 5.92 Å². The molecular weight excluding hydrogens is 258 g/mol. The van der Waals surface area contributed by atoms with Gasteiger partial charge in [-0.25, -0.2) is 8.78 Å². The summed E-state index contributed by atoms with van der Waals surface area (Å²) in [5, 5.41) is 6.20. The zero-order valence-electron chi connectivity index (χ0n) is 10.3. The third-order valence-corrected chi connectivity index (χ3v) is 3.03. The van der Waals surface area contributed by atoms with Crippen LogP contribution < -0.4 is 5.32 Å². The van der Waals surface area contributed by atoms with Crippen molar-refractivity contribution in [1.82, 2.24) is 20.0 Å². The number of nitrogens with zero attached hydrogens (tertiary/aromatic N) is 3. The first kappa shape index (κ1) is 13.4. The van der Waals surface area contributed by atoms with E-state index >= 15 is 0 Å². The Bertz CT molecular complexity index is 483. The van der Waals surface area contributed by atoms with Crippen molar-refractivity contribution in [2.45, 2.75) is 13.0 Å². The van der Waals surface area contributed by atoms with Gasteiger partial charge >= 0.3 is 0 Å². The van der Waals surface area contributed by atoms with E-state index in [2.05, 4.69) is 10.4 Å². The molecular formula is C11H14F2N4O2. The molecule has 1 aromatic rings. The van der Waals surface area contributed by atoms with Crippen LogP contribution in [-0.4, -0.2) is 53.1 Å². The van der Waals surface area contributed by atoms with Crippen molar-refractivity contribution >= 4 is 11.8 Å². The first-order valence-corrected chi connectivity index (χ1v) is 5.83. The molecule has 0 spiro atoms. The molecule has 104 valence electrons. The lowest BCUT2D eigenvalue weighted by molar-refractivity contribution is -0.128. The van der Waals surface area contributed by atoms with Crippen LogP contribution in [0.5, 0.6) is 0 Å². The first-order chi connectivity index (χ1) is 9.02. The Labute approximate surface area is 108 Å². The fourth-order valence-corrected chi connectivity index (χ4v) is 1.97. The number of aromatic nitrogens is 2. The highest BCUT2D eigenvalue weighted by atomic mass is 19.3. The maximum Gasteiger partial charge on any atom is 0.272 e. The number of hydrogen-bond acceptors (Lipinski definition) is 3. The molecule has 8 heteroatoms. The van der Waals surface area contributed by atoms with Gasteiger partial charge in [0.25, 0.3) is 12.3 Å². The maximum atomic E-state index is 12.3. The molecule has 0 bridgehead atoms. The van der Waals surface area contributed by atoms with Gasteiger partial charge in [-0.05, 0) is 6.07 Å². The number of alkyl halides is 2. The average Bonchev–Trinajstić information content (AvgIpc) is 2.73. The summed E-state index contributed by atoms with van der Waals surface area (Å²) in [5.41, 5.74) is 0.121. The molecule has 1 aliphatic rings. The van der Waals surface area contributed by atoms with E-state index in [4.69, 9.17) is 0 Å². The molecule has 1 aliphatic heterocycles. The van der Waals surface area contributed by atoms with Gasteiger partial charge in [0.05, 0.1) is 5.92 Å². The third-order valence-electron chi connectivity index (χ3n) is 3.03. The zero-order valence-corrected chi connectivity index (χ0v) is 10.3. The minimum atomic E-state index is -2.57. The number of carbonyl (C=O) groups is 2. The molecule has 0 aromatic carbocycles. The second-order valence-corrected chi connectivity index (χ2v) is 4.31. The molecule has 1 fully saturated rings. The van der Waals surface area contributed by atoms with E-state index in [-0.39, 0.29) is 23.4 Å². The Morgan fingerprint density at radius 2 is 2.21 bits per heavy atom. The Hall–Kier alpha value is -1.99. The second-order valence-electron chi connectivity index (χ2n) is 4.31. The number of carbonyl (C=O) groups excluding carboxylic acids is 2. The molecule has 2 heterocycles. The van der Waals surface area contributed by atoms with Crippen molar-refractivity contribution in [3.63, 3.8) is 0 Å². The van der Waals surface area contributed by atoms with Gasteiger partial charge in [0.2, 0.25) is 5.91 Å². The Balaban J connectivity index is 1.98. The number of rotatable bonds is 4. The lowest BCUT2D eigenvalue weighted by Gasteiger charge is -2.37. The number of hydrogen-bond donors (Lipinski definition) is 1. The van der Waals surface area contributed by atoms with E-state index in [0.717, 1.165) is 4.68 Å². The highest BCUT2D eigenvalue weighted by molar-refractivity contribution is 5.94. The first-order valence-electron chi connectivity index (χ1n) is 5.83. The molecule has 1 N–H and O–H groups in total. The summed E-state index contributed by atoms with van der Waals surface area (Å²) >= 11 is 0. The molecule has 6 nitrogen and oxygen atoms in total. The molecule has 0 atom stereocenters. The molecule has 0 aliphatic carbocycles. The summed E-state index contributed by atoms with van der Waals surface area (Å²) in [7, 11) is 1.53. The van der Waals surface area contributed by atoms with Crippen LogP contribution in [0.4, 0.5) is 8.78 Å². The molecule has 2 rings (SSSR count). The summed E-state index contributed by atoms with van der Waals surface area (Å²) in [5.74, 6) is -0.719. The number of likely N-dealkylation sites (tertiary alicyclic amines) is 1. The molecule has 1 aromatic heterocycles. The number of halogens is 2. The zero-order chi connectivity index (χ0) is 14.0. The van der Waals surface area contributed by atoms with Gasteiger partial charge in [-0.1, -0.05) is 0 Å². The summed E-state index contributed by atoms with van der Waals surface area (Å²) in [4.78, 5) is 24.8. The Kier molecular flexibility index (Phi) is 3.77. The molecule has 19 heavy (non-hydrogen) atoms. The molecule has 1 saturated heterocycles. The van der Waals surface area contributed by atoms with Crippen LogP contribution in [0.1, 0.15) is 10.5 Å². The van der Waals surface area contributed by atoms with Crippen molar-refractivity contribution in [2.75, 3.05) is 20.1 Å². The van der Waals surface area contributed by atoms with Crippen LogP contribution in [0.15, 0.2) is 12.3 Å². The van der Waals surface area contributed by atoms with Crippen LogP contribution >= 0.6 is 0 Å². The quantitative estimate of drug-likeness (QED) is 0.836. The molecule has 2 amide bonds. The van der Waals surface area contributed by atoms with E-state index in [9.17, 15) is 18.4 Å². The summed E-state index contributed by atoms with van der Waals surface area (Å²) in [6.45, 7) is -0.00246. The number of nitrogens with one attached hydrogen (secondary N) is 1. The van der Waals surface area contributed by atoms with E-state index in [1.807, 2.05) is 0 Å². The average molecular weight is 272 g/mol. The summed E-state index contributed by atoms with van der Waals surface area (Å²) < 4.78 is 25.6. The predicted molar refractivity (Wildman–Crippen MR) is 61.7 cm³/mol. The fraction of sp³-hybridized carbons (Fsp3) is 0.545. The van der Waals surface area contributed by atoms with Gasteiger partial charge < -0.3 is 10.2 Å². The minimum absolute atomic E-state index is 0.120. The van der Waals surface area contributed by atoms with Crippen molar-refractivity contribution in [3.05, 3.63) is 18.0 Å². The fourth-order valence-electron chi connectivity index (χ4n) is 1.97. The Morgan fingerprint density at radius 3 is 2.79 bits per heavy atom. The molecule has 0 saturated carbocycles. The van der Waals surface area contributed by atoms with Gasteiger partial charge in [-0.3, -0.25) is 14.3 Å². The predicted octanol–water partition coefficient (Wildman–Crippen LogP) is -0.0338. The van der Waals surface area contributed by atoms with Gasteiger partial charge in [0.15, 0.2) is 0 Å². The topological polar surface area (TPSA) is 67.2 Å². The van der Waals surface area contributed by atoms with Crippen molar-refractivity contribution < 1.29 is 18.4 Å². The van der Waals surface area contributed by atoms with E-state index in [0.29, 0.717) is 13.1 Å². The van der Waals surface area contributed by atoms with E-state index in [1.54, 1.807) is 0 Å². The standard InChI is InChI=1S/C11H14F2N4O2/c1-14-10(18)7-4-16(5-7)11(19)8-2-3-15-17(8)6-9(12)13/h2-3,7,9H,4-6H2,1H3,(H,14,18). The van der Waals surface area contributed by atoms with E-state index in [1.165, 1.54) is 24.2 Å². The third kappa shape index (κ3) is 2.72. The van der Waals surface area contributed by atoms with Crippen LogP contribution in [0.25, 0.3) is 0 Å². The lowest BCUT2D eigenvalue weighted by atomic mass is 9.99. The molecule has 0 unspecified atom stereocenters. The van der Waals surface area contributed by atoms with Crippen LogP contribution in [0, 0.1) is 5.92 Å². The van der Waals surface area contributed by atoms with Crippen molar-refractivity contribution in [1.29, 1.82) is 0 Å². The summed E-state index contributed by atoms with van der Waals surface area (Å²) in [6.07, 6.45) is -1.26. The van der Waals surface area contributed by atoms with Crippen LogP contribution in [0.3, 0.4) is 0 Å². The number of amides is 2. The van der Waals surface area contributed by atoms with Gasteiger partial charge in [0.1, 0.15) is 12.2 Å². The monoisotopic (exact) mass is 272 g/mol. The lowest BCUT2D eigenvalue weighted by Crippen LogP contribution is -2.55. The maximum absolute atomic E-state index is 12.3. The smallest absolute Gasteiger partial charge is 0.272 e. The van der Waals surface area contributed by atoms with E-state index < -0.39 is 13.0 Å². The highest BCUT2D eigenvalue weighted by Gasteiger charge is 2.36. The van der Waals surface area contributed by atoms with Crippen molar-refractivity contribution in [3.8, 4) is 0 Å². The van der Waals surface area contributed by atoms with Crippen LogP contribution in [0.2, 0.25) is 0 Å². The normalized spacial score (nSPS) is 15.5. The Morgan fingerprint density at radius 1 is 1.53 bits per heavy atom. The molecule has 0 radical (unpaired) electrons. The SMILES string of the molecule is CNC(=O)C1CN(C(=O)c2ccnn2CC(F)F)C1. The highest BCUT2D eigenvalue weighted by Crippen LogP contribution is 2.19.